The summed E-state index contributed by atoms with van der Waals surface area (Å²) in [6.45, 7) is 1.02. The minimum absolute atomic E-state index is 0.202. The van der Waals surface area contributed by atoms with Crippen molar-refractivity contribution in [3.8, 4) is 5.75 Å². The molecule has 0 fully saturated rings. The van der Waals surface area contributed by atoms with Crippen LogP contribution < -0.4 is 10.1 Å². The molecule has 2 aromatic rings. The highest BCUT2D eigenvalue weighted by atomic mass is 32.1. The first kappa shape index (κ1) is 17.7. The molecule has 0 aliphatic rings. The number of ether oxygens (including phenoxy) is 2. The Morgan fingerprint density at radius 3 is 2.58 bits per heavy atom. The molecule has 24 heavy (non-hydrogen) atoms. The zero-order chi connectivity index (χ0) is 17.4. The number of rotatable bonds is 8. The Balaban J connectivity index is 1.65. The van der Waals surface area contributed by atoms with Crippen molar-refractivity contribution in [2.24, 2.45) is 0 Å². The van der Waals surface area contributed by atoms with E-state index in [-0.39, 0.29) is 25.5 Å². The maximum Gasteiger partial charge on any atom is 0.325 e. The predicted molar refractivity (Wildman–Crippen MR) is 89.3 cm³/mol. The van der Waals surface area contributed by atoms with Gasteiger partial charge < -0.3 is 14.8 Å². The van der Waals surface area contributed by atoms with Crippen molar-refractivity contribution in [1.29, 1.82) is 0 Å². The minimum atomic E-state index is -0.677. The Labute approximate surface area is 143 Å². The van der Waals surface area contributed by atoms with Crippen LogP contribution in [0, 0.1) is 6.92 Å². The summed E-state index contributed by atoms with van der Waals surface area (Å²) in [5, 5.41) is 4.15. The number of hydrogen-bond acceptors (Lipinski definition) is 6. The number of nitrogens with one attached hydrogen (secondary N) is 1. The van der Waals surface area contributed by atoms with Gasteiger partial charge in [-0.15, -0.1) is 11.3 Å². The summed E-state index contributed by atoms with van der Waals surface area (Å²) < 4.78 is 10.2. The molecule has 1 aromatic heterocycles. The second-order valence-corrected chi connectivity index (χ2v) is 5.84. The number of esters is 1. The number of hydrogen-bond donors (Lipinski definition) is 1. The lowest BCUT2D eigenvalue weighted by Gasteiger charge is -2.09. The van der Waals surface area contributed by atoms with Gasteiger partial charge in [0.2, 0.25) is 5.78 Å². The molecular formula is C17H17NO5S. The van der Waals surface area contributed by atoms with Crippen LogP contribution in [0.2, 0.25) is 0 Å². The molecule has 1 N–H and O–H groups in total. The van der Waals surface area contributed by atoms with Crippen molar-refractivity contribution in [2.45, 2.75) is 6.92 Å². The maximum atomic E-state index is 11.7. The van der Waals surface area contributed by atoms with Crippen molar-refractivity contribution >= 4 is 29.0 Å². The summed E-state index contributed by atoms with van der Waals surface area (Å²) >= 11 is 1.28. The molecule has 0 unspecified atom stereocenters. The van der Waals surface area contributed by atoms with E-state index in [1.54, 1.807) is 23.6 Å². The zero-order valence-corrected chi connectivity index (χ0v) is 13.9. The first-order valence-electron chi connectivity index (χ1n) is 7.23. The van der Waals surface area contributed by atoms with Gasteiger partial charge in [0, 0.05) is 0 Å². The molecule has 0 atom stereocenters. The molecule has 6 nitrogen and oxygen atoms in total. The monoisotopic (exact) mass is 347 g/mol. The number of ketones is 1. The van der Waals surface area contributed by atoms with Gasteiger partial charge in [-0.3, -0.25) is 14.4 Å². The number of carbonyl (C=O) groups excluding carboxylic acids is 3. The van der Waals surface area contributed by atoms with Gasteiger partial charge in [-0.2, -0.15) is 0 Å². The lowest BCUT2D eigenvalue weighted by atomic mass is 10.2. The van der Waals surface area contributed by atoms with Crippen molar-refractivity contribution in [1.82, 2.24) is 5.32 Å². The third kappa shape index (κ3) is 5.51. The lowest BCUT2D eigenvalue weighted by Crippen LogP contribution is -2.34. The zero-order valence-electron chi connectivity index (χ0n) is 13.1. The SMILES string of the molecule is Cc1ccccc1OCC(=O)NCC(=O)OCC(=O)c1cccs1. The third-order valence-electron chi connectivity index (χ3n) is 3.04. The molecular weight excluding hydrogens is 330 g/mol. The van der Waals surface area contributed by atoms with Gasteiger partial charge in [0.25, 0.3) is 5.91 Å². The predicted octanol–water partition coefficient (Wildman–Crippen LogP) is 1.98. The fourth-order valence-electron chi connectivity index (χ4n) is 1.79. The topological polar surface area (TPSA) is 81.7 Å². The highest BCUT2D eigenvalue weighted by Gasteiger charge is 2.12. The summed E-state index contributed by atoms with van der Waals surface area (Å²) in [6.07, 6.45) is 0. The molecule has 0 saturated carbocycles. The first-order chi connectivity index (χ1) is 11.6. The van der Waals surface area contributed by atoms with E-state index in [9.17, 15) is 14.4 Å². The van der Waals surface area contributed by atoms with Crippen LogP contribution in [0.15, 0.2) is 41.8 Å². The van der Waals surface area contributed by atoms with E-state index in [4.69, 9.17) is 9.47 Å². The van der Waals surface area contributed by atoms with E-state index in [0.717, 1.165) is 5.56 Å². The summed E-state index contributed by atoms with van der Waals surface area (Å²) in [5.41, 5.74) is 0.914. The van der Waals surface area contributed by atoms with Gasteiger partial charge in [0.05, 0.1) is 4.88 Å². The second-order valence-electron chi connectivity index (χ2n) is 4.89. The largest absolute Gasteiger partial charge is 0.484 e. The van der Waals surface area contributed by atoms with Crippen molar-refractivity contribution < 1.29 is 23.9 Å². The molecule has 1 aromatic carbocycles. The molecule has 7 heteroatoms. The average Bonchev–Trinajstić information content (AvgIpc) is 3.11. The number of benzene rings is 1. The van der Waals surface area contributed by atoms with E-state index in [2.05, 4.69) is 5.32 Å². The standard InChI is InChI=1S/C17H17NO5S/c1-12-5-2-3-6-14(12)22-11-16(20)18-9-17(21)23-10-13(19)15-7-4-8-24-15/h2-8H,9-11H2,1H3,(H,18,20). The van der Waals surface area contributed by atoms with Crippen LogP contribution in [0.3, 0.4) is 0 Å². The normalized spacial score (nSPS) is 10.0. The van der Waals surface area contributed by atoms with Crippen molar-refractivity contribution in [3.63, 3.8) is 0 Å². The van der Waals surface area contributed by atoms with Crippen LogP contribution in [0.4, 0.5) is 0 Å². The number of carbonyl (C=O) groups is 3. The molecule has 1 heterocycles. The fraction of sp³-hybridized carbons (Fsp3) is 0.235. The van der Waals surface area contributed by atoms with Crippen molar-refractivity contribution in [2.75, 3.05) is 19.8 Å². The van der Waals surface area contributed by atoms with Gasteiger partial charge >= 0.3 is 5.97 Å². The van der Waals surface area contributed by atoms with E-state index in [1.807, 2.05) is 25.1 Å². The van der Waals surface area contributed by atoms with Gasteiger partial charge in [-0.05, 0) is 30.0 Å². The van der Waals surface area contributed by atoms with E-state index < -0.39 is 11.9 Å². The second kappa shape index (κ2) is 8.83. The molecule has 0 radical (unpaired) electrons. The molecule has 2 rings (SSSR count). The van der Waals surface area contributed by atoms with Crippen LogP contribution in [0.1, 0.15) is 15.2 Å². The van der Waals surface area contributed by atoms with E-state index >= 15 is 0 Å². The highest BCUT2D eigenvalue weighted by Crippen LogP contribution is 2.15. The van der Waals surface area contributed by atoms with Crippen LogP contribution in [-0.2, 0) is 14.3 Å². The lowest BCUT2D eigenvalue weighted by molar-refractivity contribution is -0.143. The number of amides is 1. The van der Waals surface area contributed by atoms with Crippen LogP contribution in [0.5, 0.6) is 5.75 Å². The molecule has 0 bridgehead atoms. The van der Waals surface area contributed by atoms with Gasteiger partial charge in [-0.25, -0.2) is 0 Å². The quantitative estimate of drug-likeness (QED) is 0.583. The molecule has 0 aliphatic heterocycles. The summed E-state index contributed by atoms with van der Waals surface area (Å²) in [5.74, 6) is -0.784. The highest BCUT2D eigenvalue weighted by molar-refractivity contribution is 7.12. The van der Waals surface area contributed by atoms with Gasteiger partial charge in [0.15, 0.2) is 13.2 Å². The Hall–Kier alpha value is -2.67. The number of para-hydroxylation sites is 1. The summed E-state index contributed by atoms with van der Waals surface area (Å²) in [6, 6.07) is 10.7. The van der Waals surface area contributed by atoms with Crippen LogP contribution in [0.25, 0.3) is 0 Å². The number of Topliss-reactive ketones (excluding diaryl/α,β-unsaturated/α-hetero) is 1. The average molecular weight is 347 g/mol. The smallest absolute Gasteiger partial charge is 0.325 e. The summed E-state index contributed by atoms with van der Waals surface area (Å²) in [4.78, 5) is 35.4. The van der Waals surface area contributed by atoms with Crippen LogP contribution >= 0.6 is 11.3 Å². The molecule has 1 amide bonds. The van der Waals surface area contributed by atoms with Crippen molar-refractivity contribution in [3.05, 3.63) is 52.2 Å². The van der Waals surface area contributed by atoms with Crippen LogP contribution in [-0.4, -0.2) is 37.4 Å². The van der Waals surface area contributed by atoms with Gasteiger partial charge in [-0.1, -0.05) is 24.3 Å². The maximum absolute atomic E-state index is 11.7. The number of thiophene rings is 1. The Morgan fingerprint density at radius 1 is 1.08 bits per heavy atom. The first-order valence-corrected chi connectivity index (χ1v) is 8.11. The molecule has 126 valence electrons. The van der Waals surface area contributed by atoms with E-state index in [0.29, 0.717) is 10.6 Å². The third-order valence-corrected chi connectivity index (χ3v) is 3.95. The molecule has 0 saturated heterocycles. The minimum Gasteiger partial charge on any atom is -0.484 e. The molecule has 0 spiro atoms. The molecule has 0 aliphatic carbocycles. The Kier molecular flexibility index (Phi) is 6.51. The fourth-order valence-corrected chi connectivity index (χ4v) is 2.44. The van der Waals surface area contributed by atoms with E-state index in [1.165, 1.54) is 11.3 Å². The van der Waals surface area contributed by atoms with Gasteiger partial charge in [0.1, 0.15) is 12.3 Å². The Morgan fingerprint density at radius 2 is 1.88 bits per heavy atom. The number of aryl methyl sites for hydroxylation is 1. The summed E-state index contributed by atoms with van der Waals surface area (Å²) in [7, 11) is 0. The Bertz CT molecular complexity index is 712.